The van der Waals surface area contributed by atoms with E-state index in [0.717, 1.165) is 24.6 Å². The number of hydrogen-bond acceptors (Lipinski definition) is 4. The van der Waals surface area contributed by atoms with E-state index in [1.807, 2.05) is 6.20 Å². The van der Waals surface area contributed by atoms with Crippen LogP contribution in [0.25, 0.3) is 0 Å². The van der Waals surface area contributed by atoms with E-state index in [-0.39, 0.29) is 0 Å². The maximum atomic E-state index is 5.69. The first-order chi connectivity index (χ1) is 7.29. The third-order valence-electron chi connectivity index (χ3n) is 2.94. The quantitative estimate of drug-likeness (QED) is 0.806. The Morgan fingerprint density at radius 3 is 3.27 bits per heavy atom. The van der Waals surface area contributed by atoms with Crippen LogP contribution in [0.15, 0.2) is 10.6 Å². The summed E-state index contributed by atoms with van der Waals surface area (Å²) in [5, 5.41) is 0. The van der Waals surface area contributed by atoms with Gasteiger partial charge in [-0.1, -0.05) is 0 Å². The molecule has 84 valence electrons. The molecule has 0 saturated carbocycles. The fourth-order valence-corrected chi connectivity index (χ4v) is 2.14. The largest absolute Gasteiger partial charge is 0.445 e. The SMILES string of the molecule is CN1CCCC(c2ncc(CCN)o2)C1. The van der Waals surface area contributed by atoms with E-state index in [4.69, 9.17) is 10.2 Å². The summed E-state index contributed by atoms with van der Waals surface area (Å²) >= 11 is 0. The van der Waals surface area contributed by atoms with Gasteiger partial charge in [-0.05, 0) is 33.0 Å². The van der Waals surface area contributed by atoms with Gasteiger partial charge in [0.05, 0.1) is 6.20 Å². The summed E-state index contributed by atoms with van der Waals surface area (Å²) in [6, 6.07) is 0. The maximum Gasteiger partial charge on any atom is 0.198 e. The van der Waals surface area contributed by atoms with Crippen molar-refractivity contribution >= 4 is 0 Å². The standard InChI is InChI=1S/C11H19N3O/c1-14-6-2-3-9(8-14)11-13-7-10(15-11)4-5-12/h7,9H,2-6,8,12H2,1H3. The molecular weight excluding hydrogens is 190 g/mol. The fraction of sp³-hybridized carbons (Fsp3) is 0.727. The minimum atomic E-state index is 0.468. The second-order valence-electron chi connectivity index (χ2n) is 4.30. The van der Waals surface area contributed by atoms with Gasteiger partial charge in [-0.3, -0.25) is 0 Å². The van der Waals surface area contributed by atoms with Crippen molar-refractivity contribution in [1.82, 2.24) is 9.88 Å². The third kappa shape index (κ3) is 2.58. The molecule has 2 heterocycles. The lowest BCUT2D eigenvalue weighted by molar-refractivity contribution is 0.228. The Morgan fingerprint density at radius 2 is 2.53 bits per heavy atom. The van der Waals surface area contributed by atoms with Crippen LogP contribution in [0, 0.1) is 0 Å². The Morgan fingerprint density at radius 1 is 1.67 bits per heavy atom. The summed E-state index contributed by atoms with van der Waals surface area (Å²) in [6.45, 7) is 2.87. The number of likely N-dealkylation sites (N-methyl/N-ethyl adjacent to an activating group) is 1. The molecule has 1 aromatic rings. The molecule has 1 aliphatic heterocycles. The molecule has 15 heavy (non-hydrogen) atoms. The molecular formula is C11H19N3O. The highest BCUT2D eigenvalue weighted by Gasteiger charge is 2.22. The zero-order valence-corrected chi connectivity index (χ0v) is 9.28. The van der Waals surface area contributed by atoms with Crippen LogP contribution in [0.4, 0.5) is 0 Å². The monoisotopic (exact) mass is 209 g/mol. The smallest absolute Gasteiger partial charge is 0.198 e. The molecule has 2 N–H and O–H groups in total. The fourth-order valence-electron chi connectivity index (χ4n) is 2.14. The number of aromatic nitrogens is 1. The second-order valence-corrected chi connectivity index (χ2v) is 4.30. The number of nitrogens with two attached hydrogens (primary N) is 1. The van der Waals surface area contributed by atoms with Crippen LogP contribution in [-0.2, 0) is 6.42 Å². The molecule has 1 aromatic heterocycles. The van der Waals surface area contributed by atoms with Crippen molar-refractivity contribution < 1.29 is 4.42 Å². The van der Waals surface area contributed by atoms with E-state index in [1.165, 1.54) is 19.4 Å². The predicted octanol–water partition coefficient (Wildman–Crippen LogP) is 0.985. The van der Waals surface area contributed by atoms with Gasteiger partial charge in [0.15, 0.2) is 5.89 Å². The van der Waals surface area contributed by atoms with Crippen molar-refractivity contribution in [1.29, 1.82) is 0 Å². The van der Waals surface area contributed by atoms with E-state index in [0.29, 0.717) is 12.5 Å². The van der Waals surface area contributed by atoms with Gasteiger partial charge in [0, 0.05) is 18.9 Å². The summed E-state index contributed by atoms with van der Waals surface area (Å²) < 4.78 is 5.69. The summed E-state index contributed by atoms with van der Waals surface area (Å²) in [4.78, 5) is 6.68. The highest BCUT2D eigenvalue weighted by molar-refractivity contribution is 5.01. The van der Waals surface area contributed by atoms with E-state index in [9.17, 15) is 0 Å². The molecule has 0 amide bonds. The number of likely N-dealkylation sites (tertiary alicyclic amines) is 1. The Labute approximate surface area is 90.5 Å². The Kier molecular flexibility index (Phi) is 3.38. The van der Waals surface area contributed by atoms with Gasteiger partial charge in [-0.25, -0.2) is 4.98 Å². The van der Waals surface area contributed by atoms with Crippen molar-refractivity contribution in [3.05, 3.63) is 17.8 Å². The molecule has 4 heteroatoms. The van der Waals surface area contributed by atoms with Gasteiger partial charge in [0.1, 0.15) is 5.76 Å². The Balaban J connectivity index is 2.01. The van der Waals surface area contributed by atoms with Gasteiger partial charge in [0.25, 0.3) is 0 Å². The van der Waals surface area contributed by atoms with Crippen LogP contribution in [0.3, 0.4) is 0 Å². The normalized spacial score (nSPS) is 23.2. The molecule has 0 aromatic carbocycles. The summed E-state index contributed by atoms with van der Waals surface area (Å²) in [5.74, 6) is 2.28. The first-order valence-corrected chi connectivity index (χ1v) is 5.63. The highest BCUT2D eigenvalue weighted by Crippen LogP contribution is 2.25. The minimum absolute atomic E-state index is 0.468. The first kappa shape index (κ1) is 10.6. The molecule has 0 bridgehead atoms. The van der Waals surface area contributed by atoms with Crippen LogP contribution in [-0.4, -0.2) is 36.6 Å². The van der Waals surface area contributed by atoms with Crippen molar-refractivity contribution in [3.8, 4) is 0 Å². The van der Waals surface area contributed by atoms with Crippen molar-refractivity contribution in [2.75, 3.05) is 26.7 Å². The maximum absolute atomic E-state index is 5.69. The number of oxazole rings is 1. The molecule has 4 nitrogen and oxygen atoms in total. The molecule has 1 saturated heterocycles. The average Bonchev–Trinajstić information content (AvgIpc) is 2.67. The van der Waals surface area contributed by atoms with Gasteiger partial charge >= 0.3 is 0 Å². The topological polar surface area (TPSA) is 55.3 Å². The van der Waals surface area contributed by atoms with E-state index >= 15 is 0 Å². The van der Waals surface area contributed by atoms with Crippen molar-refractivity contribution in [3.63, 3.8) is 0 Å². The highest BCUT2D eigenvalue weighted by atomic mass is 16.4. The predicted molar refractivity (Wildman–Crippen MR) is 58.7 cm³/mol. The Hall–Kier alpha value is -0.870. The zero-order valence-electron chi connectivity index (χ0n) is 9.28. The van der Waals surface area contributed by atoms with Crippen LogP contribution >= 0.6 is 0 Å². The number of hydrogen-bond donors (Lipinski definition) is 1. The van der Waals surface area contributed by atoms with E-state index < -0.39 is 0 Å². The lowest BCUT2D eigenvalue weighted by Crippen LogP contribution is -2.30. The molecule has 0 spiro atoms. The van der Waals surface area contributed by atoms with Crippen LogP contribution < -0.4 is 5.73 Å². The summed E-state index contributed by atoms with van der Waals surface area (Å²) in [5.41, 5.74) is 5.47. The molecule has 0 aliphatic carbocycles. The van der Waals surface area contributed by atoms with Gasteiger partial charge in [-0.15, -0.1) is 0 Å². The van der Waals surface area contributed by atoms with Crippen molar-refractivity contribution in [2.45, 2.75) is 25.2 Å². The third-order valence-corrected chi connectivity index (χ3v) is 2.94. The van der Waals surface area contributed by atoms with Crippen LogP contribution in [0.2, 0.25) is 0 Å². The molecule has 1 fully saturated rings. The van der Waals surface area contributed by atoms with Gasteiger partial charge < -0.3 is 15.1 Å². The van der Waals surface area contributed by atoms with Gasteiger partial charge in [0.2, 0.25) is 0 Å². The van der Waals surface area contributed by atoms with E-state index in [2.05, 4.69) is 16.9 Å². The summed E-state index contributed by atoms with van der Waals surface area (Å²) in [7, 11) is 2.15. The molecule has 2 rings (SSSR count). The van der Waals surface area contributed by atoms with Gasteiger partial charge in [-0.2, -0.15) is 0 Å². The molecule has 1 aliphatic rings. The minimum Gasteiger partial charge on any atom is -0.445 e. The first-order valence-electron chi connectivity index (χ1n) is 5.63. The van der Waals surface area contributed by atoms with Crippen molar-refractivity contribution in [2.24, 2.45) is 5.73 Å². The molecule has 1 atom stereocenters. The zero-order chi connectivity index (χ0) is 10.7. The lowest BCUT2D eigenvalue weighted by Gasteiger charge is -2.27. The summed E-state index contributed by atoms with van der Waals surface area (Å²) in [6.07, 6.45) is 5.02. The van der Waals surface area contributed by atoms with Crippen LogP contribution in [0.1, 0.15) is 30.4 Å². The average molecular weight is 209 g/mol. The molecule has 0 radical (unpaired) electrons. The molecule has 1 unspecified atom stereocenters. The number of nitrogens with zero attached hydrogens (tertiary/aromatic N) is 2. The second kappa shape index (κ2) is 4.77. The number of rotatable bonds is 3. The lowest BCUT2D eigenvalue weighted by atomic mass is 9.99. The Bertz CT molecular complexity index is 311. The van der Waals surface area contributed by atoms with Crippen LogP contribution in [0.5, 0.6) is 0 Å². The van der Waals surface area contributed by atoms with E-state index in [1.54, 1.807) is 0 Å². The number of piperidine rings is 1.